The lowest BCUT2D eigenvalue weighted by Gasteiger charge is -2.27. The van der Waals surface area contributed by atoms with E-state index in [-0.39, 0.29) is 17.4 Å². The standard InChI is InChI=1S/C28H33FN4O4/c1-15-10-18(29)21(14-24(15)35)31-20-8-9-30-27-26(20)28(37)33-22-12-17(6-7-19(22)32-27)11-16-4-2-3-5-23(34)25(36)13-16/h6-10,12,14,16,23,25,28,33-37H,2-5,11,13H2,1H3,(H2,30,31,32). The Labute approximate surface area is 215 Å². The molecule has 37 heavy (non-hydrogen) atoms. The van der Waals surface area contributed by atoms with Crippen LogP contribution in [0.1, 0.15) is 55.0 Å². The number of aliphatic hydroxyl groups is 3. The maximum atomic E-state index is 14.6. The molecule has 5 rings (SSSR count). The third kappa shape index (κ3) is 5.49. The first-order valence-corrected chi connectivity index (χ1v) is 12.7. The highest BCUT2D eigenvalue weighted by molar-refractivity contribution is 5.81. The first kappa shape index (κ1) is 25.3. The monoisotopic (exact) mass is 508 g/mol. The molecule has 1 saturated carbocycles. The minimum absolute atomic E-state index is 0.0351. The quantitative estimate of drug-likeness (QED) is 0.263. The molecule has 8 nitrogen and oxygen atoms in total. The smallest absolute Gasteiger partial charge is 0.156 e. The summed E-state index contributed by atoms with van der Waals surface area (Å²) < 4.78 is 14.6. The number of phenolic OH excluding ortho intramolecular Hbond substituents is 1. The average Bonchev–Trinajstić information content (AvgIpc) is 2.99. The Hall–Kier alpha value is -3.40. The van der Waals surface area contributed by atoms with Gasteiger partial charge >= 0.3 is 0 Å². The van der Waals surface area contributed by atoms with E-state index in [1.54, 1.807) is 19.2 Å². The second-order valence-corrected chi connectivity index (χ2v) is 10.1. The fraction of sp³-hybridized carbons (Fsp3) is 0.393. The second kappa shape index (κ2) is 10.5. The Kier molecular flexibility index (Phi) is 7.19. The molecule has 0 bridgehead atoms. The molecular weight excluding hydrogens is 475 g/mol. The van der Waals surface area contributed by atoms with Gasteiger partial charge in [-0.3, -0.25) is 0 Å². The minimum atomic E-state index is -1.14. The number of fused-ring (bicyclic) bond motifs is 2. The number of aromatic hydroxyl groups is 1. The van der Waals surface area contributed by atoms with E-state index in [4.69, 9.17) is 0 Å². The van der Waals surface area contributed by atoms with Crippen molar-refractivity contribution in [3.63, 3.8) is 0 Å². The summed E-state index contributed by atoms with van der Waals surface area (Å²) in [5, 5.41) is 50.9. The van der Waals surface area contributed by atoms with Crippen LogP contribution in [-0.2, 0) is 6.42 Å². The largest absolute Gasteiger partial charge is 0.508 e. The summed E-state index contributed by atoms with van der Waals surface area (Å²) in [6.45, 7) is 1.62. The second-order valence-electron chi connectivity index (χ2n) is 10.1. The Balaban J connectivity index is 1.38. The van der Waals surface area contributed by atoms with Crippen LogP contribution < -0.4 is 16.0 Å². The number of anilines is 5. The number of aryl methyl sites for hydroxylation is 1. The van der Waals surface area contributed by atoms with Crippen molar-refractivity contribution in [1.29, 1.82) is 0 Å². The molecule has 1 aliphatic heterocycles. The molecule has 2 aromatic carbocycles. The van der Waals surface area contributed by atoms with Crippen molar-refractivity contribution in [3.05, 3.63) is 65.1 Å². The van der Waals surface area contributed by atoms with Crippen LogP contribution in [0, 0.1) is 18.7 Å². The van der Waals surface area contributed by atoms with Crippen molar-refractivity contribution in [1.82, 2.24) is 4.98 Å². The molecule has 9 heteroatoms. The predicted octanol–water partition coefficient (Wildman–Crippen LogP) is 4.98. The third-order valence-electron chi connectivity index (χ3n) is 7.35. The number of benzene rings is 2. The van der Waals surface area contributed by atoms with E-state index in [9.17, 15) is 24.8 Å². The highest BCUT2D eigenvalue weighted by atomic mass is 19.1. The molecule has 7 N–H and O–H groups in total. The van der Waals surface area contributed by atoms with E-state index >= 15 is 0 Å². The Morgan fingerprint density at radius 3 is 2.65 bits per heavy atom. The Bertz CT molecular complexity index is 1290. The highest BCUT2D eigenvalue weighted by Crippen LogP contribution is 2.40. The van der Waals surface area contributed by atoms with E-state index in [1.807, 2.05) is 18.2 Å². The molecule has 0 amide bonds. The summed E-state index contributed by atoms with van der Waals surface area (Å²) in [4.78, 5) is 4.39. The molecule has 1 aromatic heterocycles. The number of hydrogen-bond donors (Lipinski definition) is 7. The van der Waals surface area contributed by atoms with Gasteiger partial charge < -0.3 is 36.4 Å². The highest BCUT2D eigenvalue weighted by Gasteiger charge is 2.26. The van der Waals surface area contributed by atoms with Crippen LogP contribution in [0.15, 0.2) is 42.6 Å². The number of nitrogens with zero attached hydrogens (tertiary/aromatic N) is 1. The average molecular weight is 509 g/mol. The van der Waals surface area contributed by atoms with Gasteiger partial charge in [-0.05, 0) is 67.5 Å². The molecule has 0 spiro atoms. The van der Waals surface area contributed by atoms with Crippen LogP contribution in [0.4, 0.5) is 33.0 Å². The lowest BCUT2D eigenvalue weighted by Crippen LogP contribution is -2.30. The zero-order valence-electron chi connectivity index (χ0n) is 20.7. The fourth-order valence-corrected chi connectivity index (χ4v) is 5.27. The van der Waals surface area contributed by atoms with Gasteiger partial charge in [0.25, 0.3) is 0 Å². The summed E-state index contributed by atoms with van der Waals surface area (Å²) in [7, 11) is 0. The van der Waals surface area contributed by atoms with Gasteiger partial charge in [0.1, 0.15) is 17.4 Å². The number of rotatable bonds is 4. The maximum Gasteiger partial charge on any atom is 0.156 e. The molecule has 2 heterocycles. The van der Waals surface area contributed by atoms with E-state index in [1.165, 1.54) is 12.1 Å². The molecule has 0 radical (unpaired) electrons. The van der Waals surface area contributed by atoms with Crippen molar-refractivity contribution in [2.75, 3.05) is 16.0 Å². The van der Waals surface area contributed by atoms with Crippen LogP contribution >= 0.6 is 0 Å². The predicted molar refractivity (Wildman–Crippen MR) is 141 cm³/mol. The topological polar surface area (TPSA) is 130 Å². The molecule has 0 saturated heterocycles. The zero-order chi connectivity index (χ0) is 26.1. The van der Waals surface area contributed by atoms with Crippen molar-refractivity contribution < 1.29 is 24.8 Å². The maximum absolute atomic E-state index is 14.6. The summed E-state index contributed by atoms with van der Waals surface area (Å²) in [6, 6.07) is 10.1. The lowest BCUT2D eigenvalue weighted by molar-refractivity contribution is -0.00749. The fourth-order valence-electron chi connectivity index (χ4n) is 5.27. The van der Waals surface area contributed by atoms with E-state index in [2.05, 4.69) is 20.9 Å². The molecule has 1 fully saturated rings. The van der Waals surface area contributed by atoms with Crippen LogP contribution in [0.2, 0.25) is 0 Å². The van der Waals surface area contributed by atoms with Crippen LogP contribution in [0.25, 0.3) is 0 Å². The van der Waals surface area contributed by atoms with Gasteiger partial charge in [0.05, 0.1) is 40.5 Å². The van der Waals surface area contributed by atoms with Gasteiger partial charge in [0.2, 0.25) is 0 Å². The SMILES string of the molecule is Cc1cc(F)c(Nc2ccnc3c2C(O)Nc2cc(CC4CCCCC(O)C(O)C4)ccc2N3)cc1O. The molecular formula is C28H33FN4O4. The number of halogens is 1. The van der Waals surface area contributed by atoms with Gasteiger partial charge in [0.15, 0.2) is 6.23 Å². The van der Waals surface area contributed by atoms with Crippen molar-refractivity contribution in [2.24, 2.45) is 5.92 Å². The van der Waals surface area contributed by atoms with E-state index in [0.717, 1.165) is 36.9 Å². The molecule has 3 aromatic rings. The zero-order valence-corrected chi connectivity index (χ0v) is 20.7. The minimum Gasteiger partial charge on any atom is -0.508 e. The lowest BCUT2D eigenvalue weighted by atomic mass is 9.84. The van der Waals surface area contributed by atoms with Gasteiger partial charge in [-0.1, -0.05) is 25.3 Å². The summed E-state index contributed by atoms with van der Waals surface area (Å²) >= 11 is 0. The summed E-state index contributed by atoms with van der Waals surface area (Å²) in [6.07, 6.45) is 3.91. The van der Waals surface area contributed by atoms with Gasteiger partial charge in [-0.15, -0.1) is 0 Å². The van der Waals surface area contributed by atoms with E-state index in [0.29, 0.717) is 41.2 Å². The number of nitrogens with one attached hydrogen (secondary N) is 3. The number of pyridine rings is 1. The Morgan fingerprint density at radius 1 is 1.00 bits per heavy atom. The van der Waals surface area contributed by atoms with Gasteiger partial charge in [-0.2, -0.15) is 0 Å². The summed E-state index contributed by atoms with van der Waals surface area (Å²) in [5.41, 5.74) is 3.85. The molecule has 196 valence electrons. The molecule has 4 unspecified atom stereocenters. The van der Waals surface area contributed by atoms with Crippen LogP contribution in [0.3, 0.4) is 0 Å². The number of aliphatic hydroxyl groups excluding tert-OH is 3. The number of hydrogen-bond acceptors (Lipinski definition) is 8. The van der Waals surface area contributed by atoms with Crippen molar-refractivity contribution in [3.8, 4) is 5.75 Å². The van der Waals surface area contributed by atoms with E-state index < -0.39 is 24.3 Å². The number of aromatic nitrogens is 1. The molecule has 1 aliphatic carbocycles. The molecule has 2 aliphatic rings. The van der Waals surface area contributed by atoms with Crippen molar-refractivity contribution >= 4 is 28.6 Å². The third-order valence-corrected chi connectivity index (χ3v) is 7.35. The first-order valence-electron chi connectivity index (χ1n) is 12.7. The Morgan fingerprint density at radius 2 is 1.81 bits per heavy atom. The first-order chi connectivity index (χ1) is 17.8. The molecule has 4 atom stereocenters. The van der Waals surface area contributed by atoms with Crippen LogP contribution in [0.5, 0.6) is 5.75 Å². The van der Waals surface area contributed by atoms with Crippen molar-refractivity contribution in [2.45, 2.75) is 63.9 Å². The normalized spacial score (nSPS) is 23.4. The van der Waals surface area contributed by atoms with Gasteiger partial charge in [0, 0.05) is 12.3 Å². The summed E-state index contributed by atoms with van der Waals surface area (Å²) in [5.74, 6) is 0.115. The van der Waals surface area contributed by atoms with Crippen LogP contribution in [-0.4, -0.2) is 37.6 Å². The van der Waals surface area contributed by atoms with Gasteiger partial charge in [-0.25, -0.2) is 9.37 Å². The number of phenols is 1.